The minimum atomic E-state index is -0.176. The number of benzene rings is 1. The summed E-state index contributed by atoms with van der Waals surface area (Å²) in [7, 11) is 1.43. The maximum absolute atomic E-state index is 11.4. The van der Waals surface area contributed by atoms with Crippen LogP contribution in [0.3, 0.4) is 0 Å². The second-order valence-corrected chi connectivity index (χ2v) is 6.92. The minimum absolute atomic E-state index is 0.101. The highest BCUT2D eigenvalue weighted by atomic mass is 16.5. The smallest absolute Gasteiger partial charge is 0.305 e. The SMILES string of the molecule is COC(=O)CCc1cc(C(C)(C)C)c(O)c2c1CCCC2. The number of fused-ring (bicyclic) bond motifs is 1. The lowest BCUT2D eigenvalue weighted by atomic mass is 9.78. The van der Waals surface area contributed by atoms with Crippen LogP contribution in [0.1, 0.15) is 62.3 Å². The number of carbonyl (C=O) groups is 1. The highest BCUT2D eigenvalue weighted by molar-refractivity contribution is 5.69. The predicted molar refractivity (Wildman–Crippen MR) is 83.8 cm³/mol. The van der Waals surface area contributed by atoms with Crippen molar-refractivity contribution in [1.29, 1.82) is 0 Å². The molecular formula is C18H26O3. The molecule has 2 rings (SSSR count). The van der Waals surface area contributed by atoms with E-state index in [-0.39, 0.29) is 11.4 Å². The number of methoxy groups -OCH3 is 1. The number of aromatic hydroxyl groups is 1. The molecule has 3 nitrogen and oxygen atoms in total. The van der Waals surface area contributed by atoms with Crippen molar-refractivity contribution in [3.8, 4) is 5.75 Å². The molecule has 116 valence electrons. The van der Waals surface area contributed by atoms with Crippen LogP contribution in [0.5, 0.6) is 5.75 Å². The summed E-state index contributed by atoms with van der Waals surface area (Å²) in [6, 6.07) is 2.10. The fourth-order valence-corrected chi connectivity index (χ4v) is 3.15. The van der Waals surface area contributed by atoms with Crippen LogP contribution in [-0.2, 0) is 34.2 Å². The molecule has 3 heteroatoms. The van der Waals surface area contributed by atoms with Crippen LogP contribution in [0, 0.1) is 0 Å². The van der Waals surface area contributed by atoms with Crippen LogP contribution in [0.4, 0.5) is 0 Å². The normalized spacial score (nSPS) is 14.7. The van der Waals surface area contributed by atoms with Crippen LogP contribution in [0.25, 0.3) is 0 Å². The van der Waals surface area contributed by atoms with E-state index in [1.807, 2.05) is 0 Å². The molecule has 0 saturated carbocycles. The number of hydrogen-bond donors (Lipinski definition) is 1. The molecule has 0 fully saturated rings. The quantitative estimate of drug-likeness (QED) is 0.864. The minimum Gasteiger partial charge on any atom is -0.507 e. The first-order chi connectivity index (χ1) is 9.84. The molecular weight excluding hydrogens is 264 g/mol. The summed E-state index contributed by atoms with van der Waals surface area (Å²) in [5, 5.41) is 10.6. The molecule has 1 aliphatic rings. The van der Waals surface area contributed by atoms with Crippen molar-refractivity contribution in [1.82, 2.24) is 0 Å². The third-order valence-electron chi connectivity index (χ3n) is 4.35. The molecule has 0 heterocycles. The molecule has 21 heavy (non-hydrogen) atoms. The van der Waals surface area contributed by atoms with Gasteiger partial charge in [0, 0.05) is 6.42 Å². The van der Waals surface area contributed by atoms with E-state index >= 15 is 0 Å². The van der Waals surface area contributed by atoms with E-state index in [1.54, 1.807) is 0 Å². The molecule has 0 unspecified atom stereocenters. The van der Waals surface area contributed by atoms with Gasteiger partial charge in [0.1, 0.15) is 5.75 Å². The second kappa shape index (κ2) is 6.08. The number of phenols is 1. The van der Waals surface area contributed by atoms with Gasteiger partial charge in [0.25, 0.3) is 0 Å². The first-order valence-electron chi connectivity index (χ1n) is 7.78. The number of carbonyl (C=O) groups excluding carboxylic acids is 1. The lowest BCUT2D eigenvalue weighted by Gasteiger charge is -2.28. The summed E-state index contributed by atoms with van der Waals surface area (Å²) < 4.78 is 4.75. The third kappa shape index (κ3) is 3.39. The Hall–Kier alpha value is -1.51. The maximum atomic E-state index is 11.4. The second-order valence-electron chi connectivity index (χ2n) is 6.92. The summed E-state index contributed by atoms with van der Waals surface area (Å²) in [5.41, 5.74) is 4.46. The van der Waals surface area contributed by atoms with Gasteiger partial charge in [-0.15, -0.1) is 0 Å². The van der Waals surface area contributed by atoms with E-state index in [0.29, 0.717) is 18.6 Å². The Morgan fingerprint density at radius 1 is 1.24 bits per heavy atom. The number of hydrogen-bond acceptors (Lipinski definition) is 3. The van der Waals surface area contributed by atoms with Crippen LogP contribution in [-0.4, -0.2) is 18.2 Å². The number of phenolic OH excluding ortho intramolecular Hbond substituents is 1. The van der Waals surface area contributed by atoms with Gasteiger partial charge in [-0.25, -0.2) is 0 Å². The highest BCUT2D eigenvalue weighted by Gasteiger charge is 2.26. The van der Waals surface area contributed by atoms with Crippen molar-refractivity contribution in [2.45, 2.75) is 64.7 Å². The van der Waals surface area contributed by atoms with Crippen molar-refractivity contribution in [2.24, 2.45) is 0 Å². The monoisotopic (exact) mass is 290 g/mol. The maximum Gasteiger partial charge on any atom is 0.305 e. The Labute approximate surface area is 127 Å². The van der Waals surface area contributed by atoms with Gasteiger partial charge in [-0.3, -0.25) is 4.79 Å². The number of ether oxygens (including phenoxy) is 1. The van der Waals surface area contributed by atoms with E-state index in [0.717, 1.165) is 36.8 Å². The lowest BCUT2D eigenvalue weighted by Crippen LogP contribution is -2.17. The molecule has 0 aliphatic heterocycles. The van der Waals surface area contributed by atoms with Gasteiger partial charge < -0.3 is 9.84 Å². The standard InChI is InChI=1S/C18H26O3/c1-18(2,3)15-11-12(9-10-16(19)21-4)13-7-5-6-8-14(13)17(15)20/h11,20H,5-10H2,1-4H3. The number of rotatable bonds is 3. The van der Waals surface area contributed by atoms with E-state index in [1.165, 1.54) is 18.2 Å². The van der Waals surface area contributed by atoms with E-state index in [9.17, 15) is 9.90 Å². The fraction of sp³-hybridized carbons (Fsp3) is 0.611. The molecule has 1 N–H and O–H groups in total. The summed E-state index contributed by atoms with van der Waals surface area (Å²) in [4.78, 5) is 11.4. The van der Waals surface area contributed by atoms with Gasteiger partial charge in [-0.05, 0) is 59.8 Å². The molecule has 0 spiro atoms. The van der Waals surface area contributed by atoms with Gasteiger partial charge in [-0.2, -0.15) is 0 Å². The van der Waals surface area contributed by atoms with Crippen LogP contribution < -0.4 is 0 Å². The Morgan fingerprint density at radius 3 is 2.43 bits per heavy atom. The fourth-order valence-electron chi connectivity index (χ4n) is 3.15. The Morgan fingerprint density at radius 2 is 1.86 bits per heavy atom. The molecule has 0 atom stereocenters. The zero-order valence-corrected chi connectivity index (χ0v) is 13.6. The summed E-state index contributed by atoms with van der Waals surface area (Å²) in [6.07, 6.45) is 5.33. The van der Waals surface area contributed by atoms with Crippen LogP contribution in [0.2, 0.25) is 0 Å². The highest BCUT2D eigenvalue weighted by Crippen LogP contribution is 2.40. The average molecular weight is 290 g/mol. The van der Waals surface area contributed by atoms with Crippen LogP contribution >= 0.6 is 0 Å². The lowest BCUT2D eigenvalue weighted by molar-refractivity contribution is -0.140. The average Bonchev–Trinajstić information content (AvgIpc) is 2.45. The van der Waals surface area contributed by atoms with E-state index < -0.39 is 0 Å². The van der Waals surface area contributed by atoms with Crippen molar-refractivity contribution >= 4 is 5.97 Å². The molecule has 1 aliphatic carbocycles. The van der Waals surface area contributed by atoms with Crippen molar-refractivity contribution in [2.75, 3.05) is 7.11 Å². The van der Waals surface area contributed by atoms with Crippen LogP contribution in [0.15, 0.2) is 6.07 Å². The Bertz CT molecular complexity index is 538. The molecule has 1 aromatic rings. The van der Waals surface area contributed by atoms with Gasteiger partial charge in [0.15, 0.2) is 0 Å². The van der Waals surface area contributed by atoms with E-state index in [2.05, 4.69) is 26.8 Å². The molecule has 0 bridgehead atoms. The third-order valence-corrected chi connectivity index (χ3v) is 4.35. The van der Waals surface area contributed by atoms with Crippen molar-refractivity contribution in [3.05, 3.63) is 28.3 Å². The first kappa shape index (κ1) is 15.9. The molecule has 0 aromatic heterocycles. The van der Waals surface area contributed by atoms with Crippen molar-refractivity contribution < 1.29 is 14.6 Å². The Balaban J connectivity index is 2.45. The van der Waals surface area contributed by atoms with Crippen molar-refractivity contribution in [3.63, 3.8) is 0 Å². The van der Waals surface area contributed by atoms with E-state index in [4.69, 9.17) is 4.74 Å². The molecule has 0 radical (unpaired) electrons. The Kier molecular flexibility index (Phi) is 4.60. The topological polar surface area (TPSA) is 46.5 Å². The van der Waals surface area contributed by atoms with Gasteiger partial charge >= 0.3 is 5.97 Å². The zero-order valence-electron chi connectivity index (χ0n) is 13.6. The number of aryl methyl sites for hydroxylation is 1. The molecule has 0 amide bonds. The molecule has 0 saturated heterocycles. The van der Waals surface area contributed by atoms with Gasteiger partial charge in [0.05, 0.1) is 7.11 Å². The largest absolute Gasteiger partial charge is 0.507 e. The predicted octanol–water partition coefficient (Wildman–Crippen LogP) is 3.67. The first-order valence-corrected chi connectivity index (χ1v) is 7.78. The van der Waals surface area contributed by atoms with Gasteiger partial charge in [-0.1, -0.05) is 26.8 Å². The molecule has 1 aromatic carbocycles. The zero-order chi connectivity index (χ0) is 15.6. The summed E-state index contributed by atoms with van der Waals surface area (Å²) in [5.74, 6) is 0.295. The van der Waals surface area contributed by atoms with Gasteiger partial charge in [0.2, 0.25) is 0 Å². The summed E-state index contributed by atoms with van der Waals surface area (Å²) >= 11 is 0. The number of esters is 1. The summed E-state index contributed by atoms with van der Waals surface area (Å²) in [6.45, 7) is 6.34.